The van der Waals surface area contributed by atoms with E-state index < -0.39 is 29.3 Å². The highest BCUT2D eigenvalue weighted by Crippen LogP contribution is 2.49. The van der Waals surface area contributed by atoms with Crippen molar-refractivity contribution in [3.05, 3.63) is 70.9 Å². The first-order valence-corrected chi connectivity index (χ1v) is 14.9. The van der Waals surface area contributed by atoms with Crippen LogP contribution in [0, 0.1) is 23.6 Å². The highest BCUT2D eigenvalue weighted by molar-refractivity contribution is 6.30. The largest absolute Gasteiger partial charge is 0.493 e. The van der Waals surface area contributed by atoms with Gasteiger partial charge in [-0.15, -0.1) is 10.2 Å². The Labute approximate surface area is 256 Å². The molecule has 0 bridgehead atoms. The first-order valence-electron chi connectivity index (χ1n) is 14.5. The lowest BCUT2D eigenvalue weighted by Crippen LogP contribution is -2.50. The van der Waals surface area contributed by atoms with E-state index >= 15 is 0 Å². The second-order valence-electron chi connectivity index (χ2n) is 12.3. The second kappa shape index (κ2) is 11.6. The molecular formula is C30H32ClF4N7O2. The van der Waals surface area contributed by atoms with Gasteiger partial charge in [-0.1, -0.05) is 23.7 Å². The molecule has 6 rings (SSSR count). The molecule has 0 saturated heterocycles. The molecule has 14 heteroatoms. The molecule has 2 aromatic heterocycles. The number of nitrogens with zero attached hydrogens (tertiary/aromatic N) is 7. The van der Waals surface area contributed by atoms with Crippen molar-refractivity contribution in [2.24, 2.45) is 17.8 Å². The van der Waals surface area contributed by atoms with Gasteiger partial charge in [-0.05, 0) is 62.5 Å². The summed E-state index contributed by atoms with van der Waals surface area (Å²) in [6.07, 6.45) is 5.56. The first-order chi connectivity index (χ1) is 20.9. The SMILES string of the molecule is CC1(C)CN(C(=O)Cc2ccc(OCCC3CC3C3C=CN(c4ncc(Cl)cn4)CC3)cc2F)Cc2nnc(C(F)(F)F)n21. The molecule has 3 unspecified atom stereocenters. The van der Waals surface area contributed by atoms with Gasteiger partial charge in [-0.3, -0.25) is 9.36 Å². The van der Waals surface area contributed by atoms with Crippen LogP contribution in [0.25, 0.3) is 0 Å². The quantitative estimate of drug-likeness (QED) is 0.297. The van der Waals surface area contributed by atoms with E-state index in [0.29, 0.717) is 41.1 Å². The standard InChI is InChI=1S/C30H32ClF4N7O2/c1-29(2)17-41(16-25-38-39-27(42(25)29)30(33,34)35)26(43)12-20-3-4-22(13-24(20)32)44-10-7-19-11-23(19)18-5-8-40(9-6-18)28-36-14-21(31)15-37-28/h3-5,8,13-15,18-19,23H,6-7,9-12,16-17H2,1-2H3. The van der Waals surface area contributed by atoms with E-state index in [1.54, 1.807) is 32.3 Å². The van der Waals surface area contributed by atoms with E-state index in [9.17, 15) is 22.4 Å². The summed E-state index contributed by atoms with van der Waals surface area (Å²) in [7, 11) is 0. The molecular weight excluding hydrogens is 602 g/mol. The van der Waals surface area contributed by atoms with Gasteiger partial charge in [-0.2, -0.15) is 13.2 Å². The monoisotopic (exact) mass is 633 g/mol. The summed E-state index contributed by atoms with van der Waals surface area (Å²) >= 11 is 5.88. The number of allylic oxidation sites excluding steroid dienone is 1. The molecule has 1 fully saturated rings. The molecule has 1 aliphatic carbocycles. The van der Waals surface area contributed by atoms with Crippen LogP contribution in [-0.4, -0.2) is 55.2 Å². The Morgan fingerprint density at radius 1 is 1.18 bits per heavy atom. The van der Waals surface area contributed by atoms with Crippen LogP contribution in [0.4, 0.5) is 23.5 Å². The number of hydrogen-bond donors (Lipinski definition) is 0. The summed E-state index contributed by atoms with van der Waals surface area (Å²) in [4.78, 5) is 25.0. The molecule has 3 aliphatic rings. The van der Waals surface area contributed by atoms with Crippen LogP contribution >= 0.6 is 11.6 Å². The minimum atomic E-state index is -4.66. The number of hydrogen-bond acceptors (Lipinski definition) is 7. The van der Waals surface area contributed by atoms with Crippen LogP contribution in [0.15, 0.2) is 42.9 Å². The third kappa shape index (κ3) is 6.38. The van der Waals surface area contributed by atoms with Gasteiger partial charge < -0.3 is 14.5 Å². The zero-order chi connectivity index (χ0) is 31.2. The second-order valence-corrected chi connectivity index (χ2v) is 12.7. The molecule has 1 aromatic carbocycles. The van der Waals surface area contributed by atoms with Gasteiger partial charge in [0.2, 0.25) is 17.7 Å². The number of carbonyl (C=O) groups is 1. The Morgan fingerprint density at radius 3 is 2.64 bits per heavy atom. The van der Waals surface area contributed by atoms with E-state index in [2.05, 4.69) is 26.2 Å². The number of amides is 1. The van der Waals surface area contributed by atoms with E-state index in [-0.39, 0.29) is 30.9 Å². The Morgan fingerprint density at radius 2 is 1.95 bits per heavy atom. The van der Waals surface area contributed by atoms with Crippen molar-refractivity contribution >= 4 is 23.5 Å². The van der Waals surface area contributed by atoms with Crippen LogP contribution in [0.2, 0.25) is 5.02 Å². The van der Waals surface area contributed by atoms with Gasteiger partial charge in [0.15, 0.2) is 5.82 Å². The summed E-state index contributed by atoms with van der Waals surface area (Å²) in [6.45, 7) is 4.35. The molecule has 3 aromatic rings. The molecule has 0 spiro atoms. The van der Waals surface area contributed by atoms with Crippen molar-refractivity contribution < 1.29 is 27.1 Å². The van der Waals surface area contributed by atoms with Crippen LogP contribution in [-0.2, 0) is 29.5 Å². The third-order valence-corrected chi connectivity index (χ3v) is 8.78. The number of fused-ring (bicyclic) bond motifs is 1. The van der Waals surface area contributed by atoms with Crippen molar-refractivity contribution in [3.63, 3.8) is 0 Å². The molecule has 1 saturated carbocycles. The highest BCUT2D eigenvalue weighted by Gasteiger charge is 2.45. The molecule has 0 N–H and O–H groups in total. The normalized spacial score (nSPS) is 22.6. The minimum Gasteiger partial charge on any atom is -0.493 e. The number of carbonyl (C=O) groups excluding carboxylic acids is 1. The lowest BCUT2D eigenvalue weighted by Gasteiger charge is -2.40. The van der Waals surface area contributed by atoms with E-state index in [0.717, 1.165) is 30.4 Å². The van der Waals surface area contributed by atoms with Crippen LogP contribution in [0.3, 0.4) is 0 Å². The van der Waals surface area contributed by atoms with Crippen molar-refractivity contribution in [1.82, 2.24) is 29.6 Å². The Hall–Kier alpha value is -3.74. The average Bonchev–Trinajstić information content (AvgIpc) is 3.59. The maximum Gasteiger partial charge on any atom is 0.451 e. The molecule has 1 amide bonds. The number of rotatable bonds is 8. The number of halogens is 5. The fourth-order valence-electron chi connectivity index (χ4n) is 6.32. The first kappa shape index (κ1) is 30.3. The van der Waals surface area contributed by atoms with Crippen molar-refractivity contribution in [1.29, 1.82) is 0 Å². The topological polar surface area (TPSA) is 89.3 Å². The van der Waals surface area contributed by atoms with Gasteiger partial charge >= 0.3 is 6.18 Å². The molecule has 234 valence electrons. The molecule has 3 atom stereocenters. The number of benzene rings is 1. The Balaban J connectivity index is 0.974. The van der Waals surface area contributed by atoms with Crippen molar-refractivity contribution in [2.75, 3.05) is 24.6 Å². The number of anilines is 1. The lowest BCUT2D eigenvalue weighted by atomic mass is 9.95. The maximum absolute atomic E-state index is 15.0. The van der Waals surface area contributed by atoms with Gasteiger partial charge in [0.05, 0.1) is 42.5 Å². The Kier molecular flexibility index (Phi) is 8.02. The lowest BCUT2D eigenvalue weighted by molar-refractivity contribution is -0.151. The minimum absolute atomic E-state index is 0.0105. The van der Waals surface area contributed by atoms with Gasteiger partial charge in [0, 0.05) is 25.4 Å². The van der Waals surface area contributed by atoms with E-state index in [1.165, 1.54) is 17.0 Å². The predicted molar refractivity (Wildman–Crippen MR) is 153 cm³/mol. The summed E-state index contributed by atoms with van der Waals surface area (Å²) in [6, 6.07) is 4.43. The highest BCUT2D eigenvalue weighted by atomic mass is 35.5. The van der Waals surface area contributed by atoms with Crippen LogP contribution in [0.1, 0.15) is 50.3 Å². The zero-order valence-electron chi connectivity index (χ0n) is 24.3. The molecule has 44 heavy (non-hydrogen) atoms. The number of aromatic nitrogens is 5. The zero-order valence-corrected chi connectivity index (χ0v) is 25.0. The smallest absolute Gasteiger partial charge is 0.451 e. The van der Waals surface area contributed by atoms with Crippen LogP contribution in [0.5, 0.6) is 5.75 Å². The fourth-order valence-corrected chi connectivity index (χ4v) is 6.42. The summed E-state index contributed by atoms with van der Waals surface area (Å²) in [5, 5.41) is 7.49. The molecule has 4 heterocycles. The summed E-state index contributed by atoms with van der Waals surface area (Å²) < 4.78 is 62.0. The maximum atomic E-state index is 15.0. The third-order valence-electron chi connectivity index (χ3n) is 8.58. The molecule has 9 nitrogen and oxygen atoms in total. The predicted octanol–water partition coefficient (Wildman–Crippen LogP) is 5.64. The van der Waals surface area contributed by atoms with Gasteiger partial charge in [0.25, 0.3) is 0 Å². The summed E-state index contributed by atoms with van der Waals surface area (Å²) in [5.74, 6) is 0.638. The fraction of sp³-hybridized carbons (Fsp3) is 0.500. The Bertz CT molecular complexity index is 1560. The molecule has 2 aliphatic heterocycles. The van der Waals surface area contributed by atoms with E-state index in [4.69, 9.17) is 16.3 Å². The van der Waals surface area contributed by atoms with Crippen LogP contribution < -0.4 is 9.64 Å². The van der Waals surface area contributed by atoms with Crippen molar-refractivity contribution in [2.45, 2.75) is 57.8 Å². The number of alkyl halides is 3. The number of ether oxygens (including phenoxy) is 1. The van der Waals surface area contributed by atoms with Gasteiger partial charge in [-0.25, -0.2) is 14.4 Å². The average molecular weight is 634 g/mol. The van der Waals surface area contributed by atoms with Gasteiger partial charge in [0.1, 0.15) is 11.6 Å². The van der Waals surface area contributed by atoms with E-state index in [1.807, 2.05) is 11.1 Å². The van der Waals surface area contributed by atoms with Crippen molar-refractivity contribution in [3.8, 4) is 5.75 Å². The summed E-state index contributed by atoms with van der Waals surface area (Å²) in [5.41, 5.74) is -0.901. The molecule has 0 radical (unpaired) electrons.